The number of benzene rings is 1. The van der Waals surface area contributed by atoms with Crippen molar-refractivity contribution in [2.45, 2.75) is 38.9 Å². The lowest BCUT2D eigenvalue weighted by Gasteiger charge is -2.32. The summed E-state index contributed by atoms with van der Waals surface area (Å²) in [5.41, 5.74) is -0.283. The van der Waals surface area contributed by atoms with Crippen LogP contribution < -0.4 is 10.2 Å². The van der Waals surface area contributed by atoms with Gasteiger partial charge in [-0.05, 0) is 33.8 Å². The lowest BCUT2D eigenvalue weighted by Crippen LogP contribution is -2.41. The molecule has 1 fully saturated rings. The molecule has 0 unspecified atom stereocenters. The highest BCUT2D eigenvalue weighted by Gasteiger charge is 2.52. The molecule has 0 atom stereocenters. The molecule has 1 N–H and O–H groups in total. The minimum atomic E-state index is -1.04. The number of rotatable bonds is 3. The molecule has 1 aliphatic heterocycles. The van der Waals surface area contributed by atoms with E-state index in [0.29, 0.717) is 5.46 Å². The molecule has 108 valence electrons. The second-order valence-electron chi connectivity index (χ2n) is 5.82. The van der Waals surface area contributed by atoms with Crippen molar-refractivity contribution in [3.63, 3.8) is 0 Å². The van der Waals surface area contributed by atoms with Crippen LogP contribution >= 0.6 is 0 Å². The zero-order chi connectivity index (χ0) is 15.1. The number of carboxylic acids is 1. The fourth-order valence-corrected chi connectivity index (χ4v) is 2.11. The van der Waals surface area contributed by atoms with Gasteiger partial charge in [0, 0.05) is 5.46 Å². The smallest absolute Gasteiger partial charge is 0.496 e. The van der Waals surface area contributed by atoms with Gasteiger partial charge in [0.25, 0.3) is 0 Å². The van der Waals surface area contributed by atoms with Crippen LogP contribution in [0.25, 0.3) is 0 Å². The molecule has 0 radical (unpaired) electrons. The molecular formula is C14H19BO5. The second-order valence-corrected chi connectivity index (χ2v) is 5.82. The Balaban J connectivity index is 2.45. The third-order valence-electron chi connectivity index (χ3n) is 3.99. The first-order valence-corrected chi connectivity index (χ1v) is 6.45. The highest BCUT2D eigenvalue weighted by Crippen LogP contribution is 2.37. The molecule has 0 aromatic heterocycles. The van der Waals surface area contributed by atoms with E-state index in [4.69, 9.17) is 14.0 Å². The molecule has 1 heterocycles. The Kier molecular flexibility index (Phi) is 3.56. The van der Waals surface area contributed by atoms with Crippen molar-refractivity contribution >= 4 is 18.6 Å². The third-order valence-corrected chi connectivity index (χ3v) is 3.99. The molecule has 2 rings (SSSR count). The van der Waals surface area contributed by atoms with E-state index in [-0.39, 0.29) is 11.3 Å². The third kappa shape index (κ3) is 2.29. The quantitative estimate of drug-likeness (QED) is 0.852. The van der Waals surface area contributed by atoms with E-state index < -0.39 is 24.3 Å². The van der Waals surface area contributed by atoms with Crippen molar-refractivity contribution in [2.75, 3.05) is 7.11 Å². The summed E-state index contributed by atoms with van der Waals surface area (Å²) >= 11 is 0. The maximum atomic E-state index is 11.2. The first-order valence-electron chi connectivity index (χ1n) is 6.45. The number of aromatic carboxylic acids is 1. The summed E-state index contributed by atoms with van der Waals surface area (Å²) in [7, 11) is 0.797. The summed E-state index contributed by atoms with van der Waals surface area (Å²) in [5, 5.41) is 9.21. The average molecular weight is 278 g/mol. The fraction of sp³-hybridized carbons (Fsp3) is 0.500. The summed E-state index contributed by atoms with van der Waals surface area (Å²) < 4.78 is 17.1. The van der Waals surface area contributed by atoms with Crippen LogP contribution in [0.2, 0.25) is 0 Å². The molecule has 0 saturated carbocycles. The molecule has 5 nitrogen and oxygen atoms in total. The van der Waals surface area contributed by atoms with E-state index >= 15 is 0 Å². The minimum Gasteiger partial charge on any atom is -0.496 e. The first-order chi connectivity index (χ1) is 9.19. The fourth-order valence-electron chi connectivity index (χ4n) is 2.11. The van der Waals surface area contributed by atoms with Crippen molar-refractivity contribution in [2.24, 2.45) is 0 Å². The Bertz CT molecular complexity index is 522. The molecule has 1 aromatic rings. The molecule has 0 aliphatic carbocycles. The molecule has 1 saturated heterocycles. The normalized spacial score (nSPS) is 19.9. The van der Waals surface area contributed by atoms with Crippen LogP contribution in [-0.4, -0.2) is 36.5 Å². The van der Waals surface area contributed by atoms with E-state index in [2.05, 4.69) is 0 Å². The summed E-state index contributed by atoms with van der Waals surface area (Å²) in [4.78, 5) is 11.2. The Morgan fingerprint density at radius 2 is 1.75 bits per heavy atom. The van der Waals surface area contributed by atoms with Crippen molar-refractivity contribution in [3.05, 3.63) is 23.8 Å². The number of hydrogen-bond donors (Lipinski definition) is 1. The van der Waals surface area contributed by atoms with Crippen LogP contribution in [0.5, 0.6) is 5.75 Å². The Labute approximate surface area is 119 Å². The summed E-state index contributed by atoms with van der Waals surface area (Å²) in [6.45, 7) is 7.78. The van der Waals surface area contributed by atoms with Crippen LogP contribution in [0, 0.1) is 0 Å². The zero-order valence-electron chi connectivity index (χ0n) is 12.4. The maximum absolute atomic E-state index is 11.2. The van der Waals surface area contributed by atoms with E-state index in [0.717, 1.165) is 0 Å². The predicted molar refractivity (Wildman–Crippen MR) is 75.7 cm³/mol. The topological polar surface area (TPSA) is 65.0 Å². The molecule has 0 spiro atoms. The Morgan fingerprint density at radius 3 is 2.20 bits per heavy atom. The van der Waals surface area contributed by atoms with Crippen LogP contribution in [-0.2, 0) is 9.31 Å². The SMILES string of the molecule is COc1c(B2OC(C)(C)C(C)(C)O2)cccc1C(=O)O. The largest absolute Gasteiger partial charge is 0.498 e. The highest BCUT2D eigenvalue weighted by atomic mass is 16.7. The number of para-hydroxylation sites is 1. The molecule has 20 heavy (non-hydrogen) atoms. The molecule has 0 bridgehead atoms. The first kappa shape index (κ1) is 14.9. The standard InChI is InChI=1S/C14H19BO5/c1-13(2)14(3,4)20-15(19-13)10-8-6-7-9(12(16)17)11(10)18-5/h6-8H,1-5H3,(H,16,17). The summed E-state index contributed by atoms with van der Waals surface area (Å²) in [6, 6.07) is 4.91. The second kappa shape index (κ2) is 4.79. The Morgan fingerprint density at radius 1 is 1.20 bits per heavy atom. The van der Waals surface area contributed by atoms with Gasteiger partial charge in [0.15, 0.2) is 0 Å². The van der Waals surface area contributed by atoms with Gasteiger partial charge in [-0.15, -0.1) is 0 Å². The predicted octanol–water partition coefficient (Wildman–Crippen LogP) is 1.69. The maximum Gasteiger partial charge on any atom is 0.498 e. The van der Waals surface area contributed by atoms with E-state index in [1.807, 2.05) is 27.7 Å². The van der Waals surface area contributed by atoms with Gasteiger partial charge < -0.3 is 19.2 Å². The molecule has 6 heteroatoms. The molecular weight excluding hydrogens is 259 g/mol. The van der Waals surface area contributed by atoms with Gasteiger partial charge in [0.2, 0.25) is 0 Å². The number of hydrogen-bond acceptors (Lipinski definition) is 4. The van der Waals surface area contributed by atoms with E-state index in [9.17, 15) is 9.90 Å². The van der Waals surface area contributed by atoms with Gasteiger partial charge in [-0.25, -0.2) is 4.79 Å². The van der Waals surface area contributed by atoms with Crippen LogP contribution in [0.1, 0.15) is 38.1 Å². The van der Waals surface area contributed by atoms with E-state index in [1.54, 1.807) is 12.1 Å². The number of carboxylic acid groups (broad SMARTS) is 1. The van der Waals surface area contributed by atoms with Gasteiger partial charge in [-0.3, -0.25) is 0 Å². The zero-order valence-corrected chi connectivity index (χ0v) is 12.4. The number of methoxy groups -OCH3 is 1. The van der Waals surface area contributed by atoms with Gasteiger partial charge in [-0.1, -0.05) is 12.1 Å². The van der Waals surface area contributed by atoms with Gasteiger partial charge in [-0.2, -0.15) is 0 Å². The van der Waals surface area contributed by atoms with Crippen molar-refractivity contribution in [1.82, 2.24) is 0 Å². The number of ether oxygens (including phenoxy) is 1. The monoisotopic (exact) mass is 278 g/mol. The lowest BCUT2D eigenvalue weighted by molar-refractivity contribution is 0.00578. The highest BCUT2D eigenvalue weighted by molar-refractivity contribution is 6.63. The molecule has 1 aromatic carbocycles. The van der Waals surface area contributed by atoms with Gasteiger partial charge in [0.1, 0.15) is 11.3 Å². The molecule has 1 aliphatic rings. The van der Waals surface area contributed by atoms with Crippen LogP contribution in [0.3, 0.4) is 0 Å². The molecule has 0 amide bonds. The number of carbonyl (C=O) groups is 1. The van der Waals surface area contributed by atoms with Gasteiger partial charge >= 0.3 is 13.1 Å². The average Bonchev–Trinajstić information content (AvgIpc) is 2.57. The van der Waals surface area contributed by atoms with Crippen LogP contribution in [0.15, 0.2) is 18.2 Å². The van der Waals surface area contributed by atoms with Gasteiger partial charge in [0.05, 0.1) is 18.3 Å². The summed E-state index contributed by atoms with van der Waals surface area (Å²) in [5.74, 6) is -0.765. The van der Waals surface area contributed by atoms with E-state index in [1.165, 1.54) is 13.2 Å². The summed E-state index contributed by atoms with van der Waals surface area (Å²) in [6.07, 6.45) is 0. The lowest BCUT2D eigenvalue weighted by atomic mass is 9.77. The van der Waals surface area contributed by atoms with Crippen molar-refractivity contribution in [1.29, 1.82) is 0 Å². The minimum absolute atomic E-state index is 0.0970. The van der Waals surface area contributed by atoms with Crippen LogP contribution in [0.4, 0.5) is 0 Å². The Hall–Kier alpha value is -1.53. The van der Waals surface area contributed by atoms with Crippen molar-refractivity contribution in [3.8, 4) is 5.75 Å². The van der Waals surface area contributed by atoms with Crippen molar-refractivity contribution < 1.29 is 23.9 Å².